The number of aryl methyl sites for hydroxylation is 1. The van der Waals surface area contributed by atoms with Gasteiger partial charge in [-0.3, -0.25) is 9.36 Å². The molecule has 2 heterocycles. The SMILES string of the molecule is COc1nn(C)cc1NCc1ccnn1CC(C)C.Cl. The molecule has 0 aliphatic heterocycles. The molecule has 0 spiro atoms. The van der Waals surface area contributed by atoms with Crippen LogP contribution in [0.2, 0.25) is 0 Å². The van der Waals surface area contributed by atoms with Crippen molar-refractivity contribution in [2.75, 3.05) is 12.4 Å². The van der Waals surface area contributed by atoms with E-state index in [1.807, 2.05) is 30.2 Å². The summed E-state index contributed by atoms with van der Waals surface area (Å²) in [6.07, 6.45) is 3.74. The van der Waals surface area contributed by atoms with Crippen LogP contribution in [0.1, 0.15) is 19.5 Å². The molecule has 1 N–H and O–H groups in total. The summed E-state index contributed by atoms with van der Waals surface area (Å²) in [6.45, 7) is 6.00. The average Bonchev–Trinajstić information content (AvgIpc) is 2.92. The molecule has 0 aliphatic carbocycles. The second kappa shape index (κ2) is 7.19. The molecule has 0 radical (unpaired) electrons. The van der Waals surface area contributed by atoms with Crippen molar-refractivity contribution in [3.05, 3.63) is 24.2 Å². The van der Waals surface area contributed by atoms with Crippen molar-refractivity contribution in [1.29, 1.82) is 0 Å². The molecule has 2 rings (SSSR count). The van der Waals surface area contributed by atoms with Crippen LogP contribution in [-0.2, 0) is 20.1 Å². The summed E-state index contributed by atoms with van der Waals surface area (Å²) in [5, 5.41) is 11.9. The minimum absolute atomic E-state index is 0. The molecule has 0 aliphatic rings. The molecular weight excluding hydrogens is 278 g/mol. The van der Waals surface area contributed by atoms with E-state index < -0.39 is 0 Å². The summed E-state index contributed by atoms with van der Waals surface area (Å²) in [5.41, 5.74) is 2.04. The molecule has 0 saturated heterocycles. The van der Waals surface area contributed by atoms with Gasteiger partial charge in [-0.25, -0.2) is 0 Å². The van der Waals surface area contributed by atoms with Gasteiger partial charge in [0.05, 0.1) is 25.5 Å². The van der Waals surface area contributed by atoms with E-state index in [9.17, 15) is 0 Å². The Balaban J connectivity index is 0.00000200. The number of methoxy groups -OCH3 is 1. The van der Waals surface area contributed by atoms with Gasteiger partial charge in [0, 0.05) is 19.8 Å². The Morgan fingerprint density at radius 2 is 2.15 bits per heavy atom. The average molecular weight is 300 g/mol. The van der Waals surface area contributed by atoms with E-state index >= 15 is 0 Å². The van der Waals surface area contributed by atoms with Gasteiger partial charge in [-0.1, -0.05) is 13.8 Å². The van der Waals surface area contributed by atoms with Crippen molar-refractivity contribution in [2.24, 2.45) is 13.0 Å². The third-order valence-corrected chi connectivity index (χ3v) is 2.79. The molecule has 0 fully saturated rings. The summed E-state index contributed by atoms with van der Waals surface area (Å²) >= 11 is 0. The molecule has 20 heavy (non-hydrogen) atoms. The van der Waals surface area contributed by atoms with Gasteiger partial charge in [-0.05, 0) is 12.0 Å². The molecule has 0 unspecified atom stereocenters. The van der Waals surface area contributed by atoms with Crippen molar-refractivity contribution < 1.29 is 4.74 Å². The summed E-state index contributed by atoms with van der Waals surface area (Å²) in [6, 6.07) is 2.03. The Labute approximate surface area is 125 Å². The van der Waals surface area contributed by atoms with Crippen molar-refractivity contribution in [1.82, 2.24) is 19.6 Å². The van der Waals surface area contributed by atoms with Crippen LogP contribution in [0.5, 0.6) is 5.88 Å². The Bertz CT molecular complexity index is 535. The summed E-state index contributed by atoms with van der Waals surface area (Å²) < 4.78 is 8.97. The van der Waals surface area contributed by atoms with E-state index in [1.54, 1.807) is 11.8 Å². The first-order valence-electron chi connectivity index (χ1n) is 6.42. The van der Waals surface area contributed by atoms with E-state index in [4.69, 9.17) is 4.74 Å². The number of aromatic nitrogens is 4. The lowest BCUT2D eigenvalue weighted by Gasteiger charge is -2.11. The van der Waals surface area contributed by atoms with E-state index in [1.165, 1.54) is 0 Å². The Morgan fingerprint density at radius 1 is 1.40 bits per heavy atom. The maximum absolute atomic E-state index is 5.21. The van der Waals surface area contributed by atoms with Crippen molar-refractivity contribution in [3.8, 4) is 5.88 Å². The fourth-order valence-electron chi connectivity index (χ4n) is 1.95. The number of ether oxygens (including phenoxy) is 1. The molecular formula is C13H22ClN5O. The maximum atomic E-state index is 5.21. The van der Waals surface area contributed by atoms with Gasteiger partial charge in [-0.2, -0.15) is 5.10 Å². The number of hydrogen-bond donors (Lipinski definition) is 1. The highest BCUT2D eigenvalue weighted by Gasteiger charge is 2.09. The zero-order chi connectivity index (χ0) is 13.8. The summed E-state index contributed by atoms with van der Waals surface area (Å²) in [4.78, 5) is 0. The number of hydrogen-bond acceptors (Lipinski definition) is 4. The molecule has 6 nitrogen and oxygen atoms in total. The van der Waals surface area contributed by atoms with Gasteiger partial charge in [-0.15, -0.1) is 17.5 Å². The maximum Gasteiger partial charge on any atom is 0.256 e. The van der Waals surface area contributed by atoms with E-state index in [2.05, 4.69) is 29.4 Å². The molecule has 0 aromatic carbocycles. The molecule has 2 aromatic heterocycles. The fourth-order valence-corrected chi connectivity index (χ4v) is 1.95. The van der Waals surface area contributed by atoms with Gasteiger partial charge < -0.3 is 10.1 Å². The molecule has 7 heteroatoms. The van der Waals surface area contributed by atoms with E-state index in [-0.39, 0.29) is 12.4 Å². The lowest BCUT2D eigenvalue weighted by atomic mass is 10.2. The molecule has 0 atom stereocenters. The van der Waals surface area contributed by atoms with Gasteiger partial charge in [0.25, 0.3) is 5.88 Å². The van der Waals surface area contributed by atoms with Gasteiger partial charge in [0.15, 0.2) is 0 Å². The first kappa shape index (κ1) is 16.4. The second-order valence-electron chi connectivity index (χ2n) is 4.98. The first-order valence-corrected chi connectivity index (χ1v) is 6.42. The predicted octanol–water partition coefficient (Wildman–Crippen LogP) is 2.32. The fraction of sp³-hybridized carbons (Fsp3) is 0.538. The van der Waals surface area contributed by atoms with Gasteiger partial charge in [0.2, 0.25) is 0 Å². The van der Waals surface area contributed by atoms with Crippen molar-refractivity contribution >= 4 is 18.1 Å². The first-order chi connectivity index (χ1) is 9.10. The van der Waals surface area contributed by atoms with E-state index in [0.717, 1.165) is 17.9 Å². The zero-order valence-corrected chi connectivity index (χ0v) is 13.1. The van der Waals surface area contributed by atoms with Crippen LogP contribution < -0.4 is 10.1 Å². The van der Waals surface area contributed by atoms with Crippen LogP contribution in [0.25, 0.3) is 0 Å². The highest BCUT2D eigenvalue weighted by atomic mass is 35.5. The number of halogens is 1. The zero-order valence-electron chi connectivity index (χ0n) is 12.3. The van der Waals surface area contributed by atoms with Crippen molar-refractivity contribution in [3.63, 3.8) is 0 Å². The standard InChI is InChI=1S/C13H21N5O.ClH/c1-10(2)8-18-11(5-6-15-18)7-14-12-9-17(3)16-13(12)19-4;/h5-6,9-10,14H,7-8H2,1-4H3;1H. The predicted molar refractivity (Wildman–Crippen MR) is 81.4 cm³/mol. The Kier molecular flexibility index (Phi) is 5.88. The van der Waals surface area contributed by atoms with Crippen LogP contribution in [0.3, 0.4) is 0 Å². The molecule has 112 valence electrons. The normalized spacial score (nSPS) is 10.4. The van der Waals surface area contributed by atoms with Crippen LogP contribution in [0, 0.1) is 5.92 Å². The molecule has 0 bridgehead atoms. The van der Waals surface area contributed by atoms with Crippen LogP contribution in [0.4, 0.5) is 5.69 Å². The highest BCUT2D eigenvalue weighted by Crippen LogP contribution is 2.21. The minimum atomic E-state index is 0. The topological polar surface area (TPSA) is 56.9 Å². The molecule has 0 amide bonds. The number of rotatable bonds is 6. The Morgan fingerprint density at radius 3 is 2.80 bits per heavy atom. The summed E-state index contributed by atoms with van der Waals surface area (Å²) in [7, 11) is 3.49. The van der Waals surface area contributed by atoms with Crippen molar-refractivity contribution in [2.45, 2.75) is 26.9 Å². The third kappa shape index (κ3) is 3.90. The summed E-state index contributed by atoms with van der Waals surface area (Å²) in [5.74, 6) is 1.18. The minimum Gasteiger partial charge on any atom is -0.478 e. The van der Waals surface area contributed by atoms with Crippen LogP contribution in [-0.4, -0.2) is 26.7 Å². The number of nitrogens with one attached hydrogen (secondary N) is 1. The number of anilines is 1. The second-order valence-corrected chi connectivity index (χ2v) is 4.98. The smallest absolute Gasteiger partial charge is 0.256 e. The molecule has 0 saturated carbocycles. The quantitative estimate of drug-likeness (QED) is 0.889. The lowest BCUT2D eigenvalue weighted by Crippen LogP contribution is -2.12. The van der Waals surface area contributed by atoms with Crippen LogP contribution in [0.15, 0.2) is 18.5 Å². The highest BCUT2D eigenvalue weighted by molar-refractivity contribution is 5.85. The van der Waals surface area contributed by atoms with Gasteiger partial charge in [0.1, 0.15) is 5.69 Å². The Hall–Kier alpha value is -1.69. The van der Waals surface area contributed by atoms with Crippen LogP contribution >= 0.6 is 12.4 Å². The largest absolute Gasteiger partial charge is 0.478 e. The van der Waals surface area contributed by atoms with Gasteiger partial charge >= 0.3 is 0 Å². The molecule has 2 aromatic rings. The lowest BCUT2D eigenvalue weighted by molar-refractivity contribution is 0.393. The third-order valence-electron chi connectivity index (χ3n) is 2.79. The number of nitrogens with zero attached hydrogens (tertiary/aromatic N) is 4. The van der Waals surface area contributed by atoms with E-state index in [0.29, 0.717) is 18.3 Å². The monoisotopic (exact) mass is 299 g/mol.